The van der Waals surface area contributed by atoms with Crippen molar-refractivity contribution in [3.63, 3.8) is 0 Å². The van der Waals surface area contributed by atoms with E-state index >= 15 is 0 Å². The molecule has 35 heavy (non-hydrogen) atoms. The Labute approximate surface area is 199 Å². The summed E-state index contributed by atoms with van der Waals surface area (Å²) in [7, 11) is 0. The van der Waals surface area contributed by atoms with E-state index in [-0.39, 0.29) is 24.6 Å². The third kappa shape index (κ3) is 5.51. The molecule has 1 amide bonds. The highest BCUT2D eigenvalue weighted by molar-refractivity contribution is 5.79. The number of alkyl carbamates (subject to hydrolysis) is 1. The smallest absolute Gasteiger partial charge is 0.416 e. The van der Waals surface area contributed by atoms with Gasteiger partial charge in [-0.05, 0) is 40.3 Å². The minimum Gasteiger partial charge on any atom is -0.449 e. The van der Waals surface area contributed by atoms with E-state index in [1.807, 2.05) is 48.5 Å². The van der Waals surface area contributed by atoms with Crippen molar-refractivity contribution in [3.05, 3.63) is 105 Å². The molecule has 1 aliphatic rings. The van der Waals surface area contributed by atoms with E-state index in [1.54, 1.807) is 0 Å². The molecule has 0 saturated carbocycles. The van der Waals surface area contributed by atoms with E-state index in [0.717, 1.165) is 34.4 Å². The Balaban J connectivity index is 1.30. The van der Waals surface area contributed by atoms with Crippen LogP contribution in [0.3, 0.4) is 0 Å². The van der Waals surface area contributed by atoms with Gasteiger partial charge in [-0.3, -0.25) is 10.1 Å². The molecular weight excluding hydrogens is 461 g/mol. The highest BCUT2D eigenvalue weighted by Crippen LogP contribution is 2.44. The van der Waals surface area contributed by atoms with Gasteiger partial charge in [0, 0.05) is 24.6 Å². The van der Waals surface area contributed by atoms with Gasteiger partial charge in [-0.2, -0.15) is 13.2 Å². The Hall–Kier alpha value is -4.14. The van der Waals surface area contributed by atoms with Gasteiger partial charge in [0.15, 0.2) is 0 Å². The summed E-state index contributed by atoms with van der Waals surface area (Å²) >= 11 is 0. The molecule has 1 aliphatic carbocycles. The molecule has 0 bridgehead atoms. The van der Waals surface area contributed by atoms with Crippen LogP contribution in [0.5, 0.6) is 0 Å². The number of carbonyl (C=O) groups excluding carboxylic acids is 1. The standard InChI is InChI=1S/C26H21F3N2O4/c27-26(28,29)18-13-17(14-19(15-18)31(33)34)7-5-6-12-30-25(32)35-16-24-22-10-3-1-8-20(22)21-9-2-4-11-23(21)24/h1-5,7-11,13-15,24H,6,12,16H2,(H,30,32). The molecule has 180 valence electrons. The number of hydrogen-bond acceptors (Lipinski definition) is 4. The van der Waals surface area contributed by atoms with Gasteiger partial charge >= 0.3 is 12.3 Å². The maximum absolute atomic E-state index is 13.0. The number of halogens is 3. The average Bonchev–Trinajstić information content (AvgIpc) is 3.15. The molecule has 0 spiro atoms. The molecule has 0 fully saturated rings. The topological polar surface area (TPSA) is 81.5 Å². The summed E-state index contributed by atoms with van der Waals surface area (Å²) in [6.45, 7) is 0.359. The first-order chi connectivity index (χ1) is 16.7. The fourth-order valence-electron chi connectivity index (χ4n) is 4.13. The lowest BCUT2D eigenvalue weighted by Gasteiger charge is -2.14. The van der Waals surface area contributed by atoms with Gasteiger partial charge in [0.25, 0.3) is 5.69 Å². The normalized spacial score (nSPS) is 12.9. The van der Waals surface area contributed by atoms with Crippen LogP contribution in [0, 0.1) is 10.1 Å². The molecule has 0 aromatic heterocycles. The lowest BCUT2D eigenvalue weighted by atomic mass is 9.98. The van der Waals surface area contributed by atoms with Crippen LogP contribution in [-0.2, 0) is 10.9 Å². The van der Waals surface area contributed by atoms with Gasteiger partial charge in [-0.1, -0.05) is 60.7 Å². The SMILES string of the molecule is O=C(NCCC=Cc1cc([N+](=O)[O-])cc(C(F)(F)F)c1)OCC1c2ccccc2-c2ccccc21. The molecule has 0 saturated heterocycles. The Kier molecular flexibility index (Phi) is 6.86. The number of rotatable bonds is 7. The van der Waals surface area contributed by atoms with Crippen molar-refractivity contribution in [3.8, 4) is 11.1 Å². The van der Waals surface area contributed by atoms with Crippen molar-refractivity contribution in [2.75, 3.05) is 13.2 Å². The lowest BCUT2D eigenvalue weighted by molar-refractivity contribution is -0.385. The quantitative estimate of drug-likeness (QED) is 0.235. The number of non-ortho nitro benzene ring substituents is 1. The van der Waals surface area contributed by atoms with E-state index in [1.165, 1.54) is 12.2 Å². The molecule has 4 rings (SSSR count). The fraction of sp³-hybridized carbons (Fsp3) is 0.192. The molecule has 6 nitrogen and oxygen atoms in total. The molecule has 3 aromatic carbocycles. The highest BCUT2D eigenvalue weighted by Gasteiger charge is 2.32. The zero-order valence-corrected chi connectivity index (χ0v) is 18.4. The predicted molar refractivity (Wildman–Crippen MR) is 125 cm³/mol. The number of ether oxygens (including phenoxy) is 1. The zero-order chi connectivity index (χ0) is 25.0. The number of alkyl halides is 3. The van der Waals surface area contributed by atoms with E-state index < -0.39 is 28.4 Å². The first-order valence-electron chi connectivity index (χ1n) is 10.9. The van der Waals surface area contributed by atoms with Crippen LogP contribution >= 0.6 is 0 Å². The molecule has 3 aromatic rings. The van der Waals surface area contributed by atoms with Gasteiger partial charge in [-0.25, -0.2) is 4.79 Å². The number of nitro benzene ring substituents is 1. The van der Waals surface area contributed by atoms with Crippen molar-refractivity contribution in [1.29, 1.82) is 0 Å². The summed E-state index contributed by atoms with van der Waals surface area (Å²) in [6, 6.07) is 18.3. The second-order valence-electron chi connectivity index (χ2n) is 8.01. The Morgan fingerprint density at radius 1 is 1.03 bits per heavy atom. The third-order valence-electron chi connectivity index (χ3n) is 5.71. The number of nitrogens with one attached hydrogen (secondary N) is 1. The lowest BCUT2D eigenvalue weighted by Crippen LogP contribution is -2.26. The number of nitro groups is 1. The minimum absolute atomic E-state index is 0.0488. The van der Waals surface area contributed by atoms with Crippen LogP contribution in [0.2, 0.25) is 0 Å². The van der Waals surface area contributed by atoms with E-state index in [0.29, 0.717) is 12.5 Å². The van der Waals surface area contributed by atoms with Crippen molar-refractivity contribution < 1.29 is 27.6 Å². The molecule has 0 atom stereocenters. The minimum atomic E-state index is -4.69. The summed E-state index contributed by atoms with van der Waals surface area (Å²) in [4.78, 5) is 22.2. The molecule has 9 heteroatoms. The number of nitrogens with zero attached hydrogens (tertiary/aromatic N) is 1. The summed E-state index contributed by atoms with van der Waals surface area (Å²) < 4.78 is 44.4. The van der Waals surface area contributed by atoms with Gasteiger partial charge in [-0.15, -0.1) is 0 Å². The van der Waals surface area contributed by atoms with E-state index in [2.05, 4.69) is 5.32 Å². The molecule has 0 heterocycles. The van der Waals surface area contributed by atoms with Crippen LogP contribution in [0.15, 0.2) is 72.8 Å². The van der Waals surface area contributed by atoms with Crippen LogP contribution in [0.25, 0.3) is 17.2 Å². The van der Waals surface area contributed by atoms with Gasteiger partial charge in [0.1, 0.15) is 6.61 Å². The first kappa shape index (κ1) is 24.0. The van der Waals surface area contributed by atoms with Gasteiger partial charge < -0.3 is 10.1 Å². The number of fused-ring (bicyclic) bond motifs is 3. The fourth-order valence-corrected chi connectivity index (χ4v) is 4.13. The van der Waals surface area contributed by atoms with E-state index in [9.17, 15) is 28.1 Å². The monoisotopic (exact) mass is 482 g/mol. The Bertz CT molecular complexity index is 1240. The second kappa shape index (κ2) is 10.0. The number of hydrogen-bond donors (Lipinski definition) is 1. The molecule has 0 radical (unpaired) electrons. The number of amides is 1. The number of carbonyl (C=O) groups is 1. The highest BCUT2D eigenvalue weighted by atomic mass is 19.4. The Morgan fingerprint density at radius 3 is 2.26 bits per heavy atom. The van der Waals surface area contributed by atoms with Crippen molar-refractivity contribution in [2.45, 2.75) is 18.5 Å². The van der Waals surface area contributed by atoms with Gasteiger partial charge in [0.2, 0.25) is 0 Å². The number of benzene rings is 3. The van der Waals surface area contributed by atoms with Crippen molar-refractivity contribution >= 4 is 17.9 Å². The summed E-state index contributed by atoms with van der Waals surface area (Å²) in [6.07, 6.45) is -2.12. The zero-order valence-electron chi connectivity index (χ0n) is 18.4. The summed E-state index contributed by atoms with van der Waals surface area (Å²) in [5, 5.41) is 13.5. The maximum atomic E-state index is 13.0. The molecular formula is C26H21F3N2O4. The first-order valence-corrected chi connectivity index (χ1v) is 10.9. The maximum Gasteiger partial charge on any atom is 0.416 e. The van der Waals surface area contributed by atoms with Crippen molar-refractivity contribution in [2.24, 2.45) is 0 Å². The molecule has 1 N–H and O–H groups in total. The van der Waals surface area contributed by atoms with Crippen LogP contribution in [0.1, 0.15) is 34.6 Å². The van der Waals surface area contributed by atoms with Crippen LogP contribution in [-0.4, -0.2) is 24.2 Å². The Morgan fingerprint density at radius 2 is 1.66 bits per heavy atom. The second-order valence-corrected chi connectivity index (χ2v) is 8.01. The van der Waals surface area contributed by atoms with Crippen molar-refractivity contribution in [1.82, 2.24) is 5.32 Å². The largest absolute Gasteiger partial charge is 0.449 e. The van der Waals surface area contributed by atoms with Crippen LogP contribution in [0.4, 0.5) is 23.7 Å². The van der Waals surface area contributed by atoms with Crippen LogP contribution < -0.4 is 5.32 Å². The molecule has 0 unspecified atom stereocenters. The summed E-state index contributed by atoms with van der Waals surface area (Å²) in [5.41, 5.74) is 2.75. The molecule has 0 aliphatic heterocycles. The van der Waals surface area contributed by atoms with Gasteiger partial charge in [0.05, 0.1) is 10.5 Å². The predicted octanol–water partition coefficient (Wildman–Crippen LogP) is 6.56. The summed E-state index contributed by atoms with van der Waals surface area (Å²) in [5.74, 6) is -0.0651. The third-order valence-corrected chi connectivity index (χ3v) is 5.71. The van der Waals surface area contributed by atoms with E-state index in [4.69, 9.17) is 4.74 Å². The average molecular weight is 482 g/mol.